The molecule has 0 radical (unpaired) electrons. The van der Waals surface area contributed by atoms with Crippen LogP contribution in [0.15, 0.2) is 36.4 Å². The number of fused-ring (bicyclic) bond motifs is 1. The molecule has 6 nitrogen and oxygen atoms in total. The number of nitrogens with one attached hydrogen (secondary N) is 2. The van der Waals surface area contributed by atoms with Crippen LogP contribution < -0.4 is 20.1 Å². The van der Waals surface area contributed by atoms with E-state index in [0.717, 1.165) is 17.7 Å². The van der Waals surface area contributed by atoms with Gasteiger partial charge in [0.05, 0.1) is 23.9 Å². The number of hydrogen-bond donors (Lipinski definition) is 2. The van der Waals surface area contributed by atoms with Crippen LogP contribution in [0.2, 0.25) is 5.02 Å². The van der Waals surface area contributed by atoms with Crippen molar-refractivity contribution >= 4 is 40.9 Å². The zero-order chi connectivity index (χ0) is 21.5. The Bertz CT molecular complexity index is 922. The summed E-state index contributed by atoms with van der Waals surface area (Å²) in [6.07, 6.45) is 3.22. The number of thioether (sulfide) groups is 1. The Morgan fingerprint density at radius 2 is 1.90 bits per heavy atom. The average Bonchev–Trinajstić information content (AvgIpc) is 2.96. The Kier molecular flexibility index (Phi) is 7.87. The maximum absolute atomic E-state index is 13.0. The second-order valence-electron chi connectivity index (χ2n) is 7.00. The van der Waals surface area contributed by atoms with Gasteiger partial charge in [-0.3, -0.25) is 9.59 Å². The molecule has 2 aromatic carbocycles. The fourth-order valence-corrected chi connectivity index (χ4v) is 3.70. The highest BCUT2D eigenvalue weighted by Gasteiger charge is 2.23. The molecule has 0 saturated heterocycles. The van der Waals surface area contributed by atoms with Gasteiger partial charge >= 0.3 is 0 Å². The Balaban J connectivity index is 1.75. The van der Waals surface area contributed by atoms with Gasteiger partial charge in [0.15, 0.2) is 11.5 Å². The molecule has 30 heavy (non-hydrogen) atoms. The summed E-state index contributed by atoms with van der Waals surface area (Å²) in [7, 11) is 0. The van der Waals surface area contributed by atoms with Crippen molar-refractivity contribution in [2.24, 2.45) is 0 Å². The molecule has 1 heterocycles. The van der Waals surface area contributed by atoms with E-state index < -0.39 is 6.04 Å². The highest BCUT2D eigenvalue weighted by atomic mass is 35.5. The highest BCUT2D eigenvalue weighted by Crippen LogP contribution is 2.37. The Labute approximate surface area is 185 Å². The first kappa shape index (κ1) is 22.3. The number of benzene rings is 2. The van der Waals surface area contributed by atoms with Gasteiger partial charge in [0.25, 0.3) is 5.91 Å². The minimum Gasteiger partial charge on any atom is -0.490 e. The van der Waals surface area contributed by atoms with Crippen LogP contribution in [-0.2, 0) is 4.79 Å². The van der Waals surface area contributed by atoms with Gasteiger partial charge in [-0.15, -0.1) is 0 Å². The molecule has 1 aliphatic heterocycles. The molecular formula is C22H25ClN2O4S. The van der Waals surface area contributed by atoms with Crippen molar-refractivity contribution < 1.29 is 19.1 Å². The van der Waals surface area contributed by atoms with Crippen molar-refractivity contribution in [1.29, 1.82) is 0 Å². The molecule has 0 fully saturated rings. The van der Waals surface area contributed by atoms with Crippen molar-refractivity contribution in [1.82, 2.24) is 5.32 Å². The summed E-state index contributed by atoms with van der Waals surface area (Å²) >= 11 is 7.95. The van der Waals surface area contributed by atoms with Crippen LogP contribution in [0, 0.1) is 6.92 Å². The van der Waals surface area contributed by atoms with Gasteiger partial charge in [0.1, 0.15) is 6.04 Å². The lowest BCUT2D eigenvalue weighted by atomic mass is 10.1. The third-order valence-corrected chi connectivity index (χ3v) is 5.56. The van der Waals surface area contributed by atoms with E-state index in [9.17, 15) is 9.59 Å². The Hall–Kier alpha value is -2.38. The van der Waals surface area contributed by atoms with Crippen molar-refractivity contribution in [3.8, 4) is 11.5 Å². The molecule has 0 aliphatic carbocycles. The van der Waals surface area contributed by atoms with Gasteiger partial charge in [-0.25, -0.2) is 0 Å². The molecule has 3 rings (SSSR count). The fourth-order valence-electron chi connectivity index (χ4n) is 3.03. The number of rotatable bonds is 7. The van der Waals surface area contributed by atoms with Gasteiger partial charge in [-0.2, -0.15) is 11.8 Å². The van der Waals surface area contributed by atoms with E-state index in [1.807, 2.05) is 25.3 Å². The SMILES string of the molecule is CSCCC(NC(=O)c1cccc(C)c1)C(=O)Nc1cc2c(cc1Cl)OCCCO2. The molecule has 0 aromatic heterocycles. The predicted octanol–water partition coefficient (Wildman–Crippen LogP) is 4.30. The summed E-state index contributed by atoms with van der Waals surface area (Å²) in [4.78, 5) is 25.6. The molecule has 0 bridgehead atoms. The van der Waals surface area contributed by atoms with E-state index in [2.05, 4.69) is 10.6 Å². The normalized spacial score (nSPS) is 13.8. The van der Waals surface area contributed by atoms with Crippen LogP contribution >= 0.6 is 23.4 Å². The van der Waals surface area contributed by atoms with Gasteiger partial charge < -0.3 is 20.1 Å². The first-order chi connectivity index (χ1) is 14.5. The first-order valence-corrected chi connectivity index (χ1v) is 11.5. The summed E-state index contributed by atoms with van der Waals surface area (Å²) in [5, 5.41) is 6.02. The van der Waals surface area contributed by atoms with Crippen molar-refractivity contribution in [2.75, 3.05) is 30.5 Å². The van der Waals surface area contributed by atoms with Crippen LogP contribution in [0.1, 0.15) is 28.8 Å². The van der Waals surface area contributed by atoms with E-state index >= 15 is 0 Å². The molecule has 160 valence electrons. The quantitative estimate of drug-likeness (QED) is 0.660. The maximum atomic E-state index is 13.0. The fraction of sp³-hybridized carbons (Fsp3) is 0.364. The zero-order valence-corrected chi connectivity index (χ0v) is 18.6. The number of carbonyl (C=O) groups excluding carboxylic acids is 2. The minimum atomic E-state index is -0.697. The number of hydrogen-bond acceptors (Lipinski definition) is 5. The molecule has 1 unspecified atom stereocenters. The highest BCUT2D eigenvalue weighted by molar-refractivity contribution is 7.98. The Morgan fingerprint density at radius 3 is 2.60 bits per heavy atom. The summed E-state index contributed by atoms with van der Waals surface area (Å²) in [5.41, 5.74) is 1.92. The lowest BCUT2D eigenvalue weighted by Gasteiger charge is -2.19. The van der Waals surface area contributed by atoms with E-state index in [0.29, 0.717) is 47.4 Å². The van der Waals surface area contributed by atoms with Crippen LogP contribution in [0.25, 0.3) is 0 Å². The average molecular weight is 449 g/mol. The van der Waals surface area contributed by atoms with E-state index in [1.165, 1.54) is 0 Å². The van der Waals surface area contributed by atoms with Crippen LogP contribution in [0.4, 0.5) is 5.69 Å². The molecular weight excluding hydrogens is 424 g/mol. The monoisotopic (exact) mass is 448 g/mol. The molecule has 1 atom stereocenters. The molecule has 2 N–H and O–H groups in total. The number of amides is 2. The van der Waals surface area contributed by atoms with Crippen LogP contribution in [-0.4, -0.2) is 43.1 Å². The lowest BCUT2D eigenvalue weighted by molar-refractivity contribution is -0.118. The summed E-state index contributed by atoms with van der Waals surface area (Å²) < 4.78 is 11.3. The van der Waals surface area contributed by atoms with E-state index in [1.54, 1.807) is 36.0 Å². The predicted molar refractivity (Wildman–Crippen MR) is 121 cm³/mol. The van der Waals surface area contributed by atoms with Gasteiger partial charge in [-0.1, -0.05) is 29.3 Å². The van der Waals surface area contributed by atoms with Crippen LogP contribution in [0.5, 0.6) is 11.5 Å². The molecule has 0 spiro atoms. The van der Waals surface area contributed by atoms with E-state index in [-0.39, 0.29) is 11.8 Å². The topological polar surface area (TPSA) is 76.7 Å². The number of anilines is 1. The number of aryl methyl sites for hydroxylation is 1. The first-order valence-electron chi connectivity index (χ1n) is 9.74. The number of carbonyl (C=O) groups is 2. The third-order valence-electron chi connectivity index (χ3n) is 4.61. The van der Waals surface area contributed by atoms with Crippen LogP contribution in [0.3, 0.4) is 0 Å². The molecule has 8 heteroatoms. The molecule has 0 saturated carbocycles. The third kappa shape index (κ3) is 5.83. The van der Waals surface area contributed by atoms with Gasteiger partial charge in [0, 0.05) is 24.1 Å². The number of ether oxygens (including phenoxy) is 2. The summed E-state index contributed by atoms with van der Waals surface area (Å²) in [6, 6.07) is 9.86. The van der Waals surface area contributed by atoms with Crippen molar-refractivity contribution in [3.63, 3.8) is 0 Å². The zero-order valence-electron chi connectivity index (χ0n) is 17.0. The molecule has 2 aromatic rings. The molecule has 2 amide bonds. The lowest BCUT2D eigenvalue weighted by Crippen LogP contribution is -2.44. The summed E-state index contributed by atoms with van der Waals surface area (Å²) in [6.45, 7) is 3.00. The largest absolute Gasteiger partial charge is 0.490 e. The second-order valence-corrected chi connectivity index (χ2v) is 8.39. The van der Waals surface area contributed by atoms with Crippen molar-refractivity contribution in [3.05, 3.63) is 52.5 Å². The van der Waals surface area contributed by atoms with E-state index in [4.69, 9.17) is 21.1 Å². The van der Waals surface area contributed by atoms with Crippen molar-refractivity contribution in [2.45, 2.75) is 25.8 Å². The summed E-state index contributed by atoms with van der Waals surface area (Å²) in [5.74, 6) is 1.20. The molecule has 1 aliphatic rings. The smallest absolute Gasteiger partial charge is 0.251 e. The maximum Gasteiger partial charge on any atom is 0.251 e. The number of halogens is 1. The van der Waals surface area contributed by atoms with Gasteiger partial charge in [-0.05, 0) is 37.5 Å². The second kappa shape index (κ2) is 10.6. The minimum absolute atomic E-state index is 0.287. The standard InChI is InChI=1S/C22H25ClN2O4S/c1-14-5-3-6-15(11-14)21(26)24-17(7-10-30-2)22(27)25-18-13-20-19(12-16(18)23)28-8-4-9-29-20/h3,5-6,11-13,17H,4,7-10H2,1-2H3,(H,24,26)(H,25,27). The Morgan fingerprint density at radius 1 is 1.17 bits per heavy atom. The van der Waals surface area contributed by atoms with Gasteiger partial charge in [0.2, 0.25) is 5.91 Å².